The van der Waals surface area contributed by atoms with Crippen molar-refractivity contribution in [1.82, 2.24) is 4.98 Å². The summed E-state index contributed by atoms with van der Waals surface area (Å²) in [6, 6.07) is 3.40. The standard InChI is InChI=1S/C11H13ClN4O2/c1-3-15(7-8(2)5-13)11-10(12)4-9(6-14-11)16(17)18/h4,6,8H,3,7H2,1-2H3. The molecule has 0 aromatic carbocycles. The van der Waals surface area contributed by atoms with E-state index in [0.29, 0.717) is 18.9 Å². The van der Waals surface area contributed by atoms with Gasteiger partial charge in [0.15, 0.2) is 0 Å². The van der Waals surface area contributed by atoms with Gasteiger partial charge in [-0.15, -0.1) is 0 Å². The van der Waals surface area contributed by atoms with Crippen LogP contribution in [-0.4, -0.2) is 23.0 Å². The maximum atomic E-state index is 10.6. The van der Waals surface area contributed by atoms with Crippen LogP contribution in [0.15, 0.2) is 12.3 Å². The van der Waals surface area contributed by atoms with Crippen LogP contribution >= 0.6 is 11.6 Å². The molecule has 0 aliphatic heterocycles. The molecule has 0 fully saturated rings. The Bertz CT molecular complexity index is 486. The summed E-state index contributed by atoms with van der Waals surface area (Å²) >= 11 is 5.98. The van der Waals surface area contributed by atoms with Crippen LogP contribution in [0.25, 0.3) is 0 Å². The highest BCUT2D eigenvalue weighted by molar-refractivity contribution is 6.33. The number of pyridine rings is 1. The summed E-state index contributed by atoms with van der Waals surface area (Å²) in [4.78, 5) is 15.9. The number of hydrogen-bond acceptors (Lipinski definition) is 5. The zero-order valence-electron chi connectivity index (χ0n) is 10.1. The van der Waals surface area contributed by atoms with Crippen LogP contribution in [0.1, 0.15) is 13.8 Å². The minimum Gasteiger partial charge on any atom is -0.354 e. The van der Waals surface area contributed by atoms with Crippen molar-refractivity contribution in [2.24, 2.45) is 5.92 Å². The summed E-state index contributed by atoms with van der Waals surface area (Å²) in [7, 11) is 0. The molecule has 0 aliphatic rings. The molecule has 0 aliphatic carbocycles. The van der Waals surface area contributed by atoms with Crippen LogP contribution < -0.4 is 4.90 Å². The highest BCUT2D eigenvalue weighted by atomic mass is 35.5. The van der Waals surface area contributed by atoms with Gasteiger partial charge in [0.25, 0.3) is 5.69 Å². The molecule has 96 valence electrons. The van der Waals surface area contributed by atoms with E-state index >= 15 is 0 Å². The molecule has 1 aromatic heterocycles. The molecule has 0 radical (unpaired) electrons. The highest BCUT2D eigenvalue weighted by Gasteiger charge is 2.16. The second-order valence-electron chi connectivity index (χ2n) is 3.82. The van der Waals surface area contributed by atoms with Gasteiger partial charge in [-0.1, -0.05) is 11.6 Å². The summed E-state index contributed by atoms with van der Waals surface area (Å²) in [6.07, 6.45) is 1.17. The number of hydrogen-bond donors (Lipinski definition) is 0. The number of rotatable bonds is 5. The topological polar surface area (TPSA) is 83.1 Å². The lowest BCUT2D eigenvalue weighted by molar-refractivity contribution is -0.385. The first-order chi connectivity index (χ1) is 8.49. The average Bonchev–Trinajstić information content (AvgIpc) is 2.35. The van der Waals surface area contributed by atoms with Crippen LogP contribution in [-0.2, 0) is 0 Å². The zero-order valence-corrected chi connectivity index (χ0v) is 10.9. The van der Waals surface area contributed by atoms with E-state index in [2.05, 4.69) is 11.1 Å². The molecule has 0 saturated heterocycles. The molecule has 0 N–H and O–H groups in total. The SMILES string of the molecule is CCN(CC(C)C#N)c1ncc([N+](=O)[O-])cc1Cl. The third-order valence-electron chi connectivity index (χ3n) is 2.41. The lowest BCUT2D eigenvalue weighted by Gasteiger charge is -2.23. The first kappa shape index (κ1) is 14.2. The fraction of sp³-hybridized carbons (Fsp3) is 0.455. The van der Waals surface area contributed by atoms with E-state index in [-0.39, 0.29) is 16.6 Å². The molecule has 7 heteroatoms. The molecular formula is C11H13ClN4O2. The monoisotopic (exact) mass is 268 g/mol. The third-order valence-corrected chi connectivity index (χ3v) is 2.69. The van der Waals surface area contributed by atoms with Gasteiger partial charge < -0.3 is 4.90 Å². The Morgan fingerprint density at radius 3 is 2.83 bits per heavy atom. The van der Waals surface area contributed by atoms with Crippen LogP contribution in [0.3, 0.4) is 0 Å². The Kier molecular flexibility index (Phi) is 4.86. The molecule has 1 unspecified atom stereocenters. The molecule has 0 amide bonds. The van der Waals surface area contributed by atoms with Gasteiger partial charge in [0, 0.05) is 19.2 Å². The van der Waals surface area contributed by atoms with Gasteiger partial charge in [0.1, 0.15) is 12.0 Å². The molecule has 6 nitrogen and oxygen atoms in total. The average molecular weight is 269 g/mol. The van der Waals surface area contributed by atoms with Crippen molar-refractivity contribution in [3.8, 4) is 6.07 Å². The predicted molar refractivity (Wildman–Crippen MR) is 68.6 cm³/mol. The van der Waals surface area contributed by atoms with Gasteiger partial charge in [-0.25, -0.2) is 4.98 Å². The number of nitrogens with zero attached hydrogens (tertiary/aromatic N) is 4. The Labute approximate surface area is 110 Å². The van der Waals surface area contributed by atoms with Gasteiger partial charge >= 0.3 is 0 Å². The number of nitro groups is 1. The van der Waals surface area contributed by atoms with Crippen molar-refractivity contribution in [2.45, 2.75) is 13.8 Å². The van der Waals surface area contributed by atoms with Gasteiger partial charge in [0.05, 0.1) is 21.9 Å². The van der Waals surface area contributed by atoms with E-state index in [1.165, 1.54) is 12.3 Å². The number of anilines is 1. The van der Waals surface area contributed by atoms with Gasteiger partial charge in [-0.3, -0.25) is 10.1 Å². The zero-order chi connectivity index (χ0) is 13.7. The van der Waals surface area contributed by atoms with Crippen molar-refractivity contribution < 1.29 is 4.92 Å². The van der Waals surface area contributed by atoms with Crippen molar-refractivity contribution in [2.75, 3.05) is 18.0 Å². The minimum atomic E-state index is -0.545. The van der Waals surface area contributed by atoms with Crippen LogP contribution in [0.2, 0.25) is 5.02 Å². The summed E-state index contributed by atoms with van der Waals surface area (Å²) in [5.74, 6) is 0.296. The molecule has 0 spiro atoms. The molecule has 1 atom stereocenters. The molecule has 18 heavy (non-hydrogen) atoms. The normalized spacial score (nSPS) is 11.7. The maximum absolute atomic E-state index is 10.6. The second-order valence-corrected chi connectivity index (χ2v) is 4.23. The Hall–Kier alpha value is -1.87. The van der Waals surface area contributed by atoms with Crippen LogP contribution in [0, 0.1) is 27.4 Å². The summed E-state index contributed by atoms with van der Waals surface area (Å²) in [5, 5.41) is 19.6. The minimum absolute atomic E-state index is 0.145. The van der Waals surface area contributed by atoms with Gasteiger partial charge in [0.2, 0.25) is 0 Å². The van der Waals surface area contributed by atoms with E-state index in [1.807, 2.05) is 11.8 Å². The quantitative estimate of drug-likeness (QED) is 0.605. The van der Waals surface area contributed by atoms with E-state index in [4.69, 9.17) is 16.9 Å². The predicted octanol–water partition coefficient (Wildman–Crippen LogP) is 2.63. The number of aromatic nitrogens is 1. The summed E-state index contributed by atoms with van der Waals surface area (Å²) < 4.78 is 0. The van der Waals surface area contributed by atoms with E-state index in [0.717, 1.165) is 0 Å². The smallest absolute Gasteiger partial charge is 0.289 e. The largest absolute Gasteiger partial charge is 0.354 e. The Morgan fingerprint density at radius 1 is 1.72 bits per heavy atom. The van der Waals surface area contributed by atoms with E-state index in [9.17, 15) is 10.1 Å². The van der Waals surface area contributed by atoms with Crippen molar-refractivity contribution in [3.05, 3.63) is 27.4 Å². The third kappa shape index (κ3) is 3.31. The molecular weight excluding hydrogens is 256 g/mol. The lowest BCUT2D eigenvalue weighted by atomic mass is 10.2. The lowest BCUT2D eigenvalue weighted by Crippen LogP contribution is -2.28. The second kappa shape index (κ2) is 6.17. The van der Waals surface area contributed by atoms with Gasteiger partial charge in [-0.2, -0.15) is 5.26 Å². The van der Waals surface area contributed by atoms with Crippen molar-refractivity contribution in [1.29, 1.82) is 5.26 Å². The number of nitriles is 1. The fourth-order valence-electron chi connectivity index (χ4n) is 1.49. The summed E-state index contributed by atoms with van der Waals surface area (Å²) in [6.45, 7) is 4.81. The van der Waals surface area contributed by atoms with Crippen molar-refractivity contribution in [3.63, 3.8) is 0 Å². The molecule has 1 heterocycles. The van der Waals surface area contributed by atoms with E-state index < -0.39 is 4.92 Å². The Morgan fingerprint density at radius 2 is 2.39 bits per heavy atom. The Balaban J connectivity index is 3.00. The molecule has 0 saturated carbocycles. The van der Waals surface area contributed by atoms with Crippen LogP contribution in [0.5, 0.6) is 0 Å². The van der Waals surface area contributed by atoms with Gasteiger partial charge in [-0.05, 0) is 13.8 Å². The van der Waals surface area contributed by atoms with Crippen LogP contribution in [0.4, 0.5) is 11.5 Å². The van der Waals surface area contributed by atoms with Crippen molar-refractivity contribution >= 4 is 23.1 Å². The van der Waals surface area contributed by atoms with E-state index in [1.54, 1.807) is 6.92 Å². The molecule has 1 aromatic rings. The first-order valence-electron chi connectivity index (χ1n) is 5.44. The number of halogens is 1. The highest BCUT2D eigenvalue weighted by Crippen LogP contribution is 2.27. The maximum Gasteiger partial charge on any atom is 0.289 e. The molecule has 0 bridgehead atoms. The fourth-order valence-corrected chi connectivity index (χ4v) is 1.77. The summed E-state index contributed by atoms with van der Waals surface area (Å²) in [5.41, 5.74) is -0.145. The molecule has 1 rings (SSSR count). The first-order valence-corrected chi connectivity index (χ1v) is 5.81.